The molecule has 0 fully saturated rings. The van der Waals surface area contributed by atoms with Crippen molar-refractivity contribution >= 4 is 12.2 Å². The maximum atomic E-state index is 5.26. The lowest BCUT2D eigenvalue weighted by molar-refractivity contribution is 0.672. The Bertz CT molecular complexity index is 512. The third-order valence-corrected chi connectivity index (χ3v) is 2.79. The van der Waals surface area contributed by atoms with Gasteiger partial charge >= 0.3 is 0 Å². The smallest absolute Gasteiger partial charge is 0.177 e. The summed E-state index contributed by atoms with van der Waals surface area (Å²) in [4.78, 5) is 11.2. The third kappa shape index (κ3) is 2.19. The predicted octanol–water partition coefficient (Wildman–Crippen LogP) is 2.51. The summed E-state index contributed by atoms with van der Waals surface area (Å²) in [5.41, 5.74) is 2.16. The zero-order valence-corrected chi connectivity index (χ0v) is 10.2. The standard InChI is InChI=1S/C11H14N4S/c1-8(2)10-5-13-11(16)15(10)6-9-3-4-12-7-14-9/h3-5,7-8H,6H2,1-2H3,(H,13,16). The number of H-pyrrole nitrogens is 1. The van der Waals surface area contributed by atoms with E-state index in [1.54, 1.807) is 12.5 Å². The van der Waals surface area contributed by atoms with Gasteiger partial charge in [-0.15, -0.1) is 0 Å². The molecule has 0 radical (unpaired) electrons. The van der Waals surface area contributed by atoms with Crippen LogP contribution < -0.4 is 0 Å². The van der Waals surface area contributed by atoms with Gasteiger partial charge in [-0.05, 0) is 24.2 Å². The lowest BCUT2D eigenvalue weighted by Gasteiger charge is -2.09. The second kappa shape index (κ2) is 4.57. The average Bonchev–Trinajstić information content (AvgIpc) is 2.62. The van der Waals surface area contributed by atoms with Crippen molar-refractivity contribution in [3.63, 3.8) is 0 Å². The van der Waals surface area contributed by atoms with E-state index in [0.29, 0.717) is 12.5 Å². The molecule has 0 aliphatic heterocycles. The van der Waals surface area contributed by atoms with E-state index >= 15 is 0 Å². The Morgan fingerprint density at radius 2 is 2.31 bits per heavy atom. The van der Waals surface area contributed by atoms with E-state index in [4.69, 9.17) is 12.2 Å². The van der Waals surface area contributed by atoms with Crippen molar-refractivity contribution in [1.29, 1.82) is 0 Å². The SMILES string of the molecule is CC(C)c1c[nH]c(=S)n1Cc1ccncn1. The fourth-order valence-corrected chi connectivity index (χ4v) is 1.85. The summed E-state index contributed by atoms with van der Waals surface area (Å²) in [6.07, 6.45) is 5.27. The first-order chi connectivity index (χ1) is 7.68. The zero-order valence-electron chi connectivity index (χ0n) is 9.34. The molecule has 0 aliphatic carbocycles. The number of nitrogens with one attached hydrogen (secondary N) is 1. The molecule has 0 saturated heterocycles. The molecule has 5 heteroatoms. The van der Waals surface area contributed by atoms with Gasteiger partial charge in [-0.3, -0.25) is 0 Å². The quantitative estimate of drug-likeness (QED) is 0.830. The first-order valence-electron chi connectivity index (χ1n) is 5.21. The van der Waals surface area contributed by atoms with Gasteiger partial charge in [-0.25, -0.2) is 9.97 Å². The lowest BCUT2D eigenvalue weighted by Crippen LogP contribution is -2.07. The molecule has 2 rings (SSSR count). The second-order valence-electron chi connectivity index (χ2n) is 3.96. The van der Waals surface area contributed by atoms with Gasteiger partial charge in [0.1, 0.15) is 6.33 Å². The van der Waals surface area contributed by atoms with Gasteiger partial charge in [0, 0.05) is 18.1 Å². The highest BCUT2D eigenvalue weighted by Gasteiger charge is 2.08. The van der Waals surface area contributed by atoms with Crippen LogP contribution in [0.25, 0.3) is 0 Å². The van der Waals surface area contributed by atoms with Crippen molar-refractivity contribution < 1.29 is 0 Å². The predicted molar refractivity (Wildman–Crippen MR) is 64.8 cm³/mol. The van der Waals surface area contributed by atoms with Gasteiger partial charge in [-0.1, -0.05) is 13.8 Å². The number of hydrogen-bond acceptors (Lipinski definition) is 3. The summed E-state index contributed by atoms with van der Waals surface area (Å²) in [5.74, 6) is 0.440. The number of rotatable bonds is 3. The minimum absolute atomic E-state index is 0.440. The molecule has 2 heterocycles. The summed E-state index contributed by atoms with van der Waals surface area (Å²) in [7, 11) is 0. The molecule has 0 amide bonds. The number of nitrogens with zero attached hydrogens (tertiary/aromatic N) is 3. The molecule has 0 spiro atoms. The summed E-state index contributed by atoms with van der Waals surface area (Å²) in [5, 5.41) is 0. The summed E-state index contributed by atoms with van der Waals surface area (Å²) >= 11 is 5.26. The van der Waals surface area contributed by atoms with Gasteiger partial charge in [-0.2, -0.15) is 0 Å². The fourth-order valence-electron chi connectivity index (χ4n) is 1.62. The second-order valence-corrected chi connectivity index (χ2v) is 4.35. The molecule has 84 valence electrons. The number of imidazole rings is 1. The molecular formula is C11H14N4S. The summed E-state index contributed by atoms with van der Waals surface area (Å²) < 4.78 is 2.81. The van der Waals surface area contributed by atoms with Crippen LogP contribution in [-0.4, -0.2) is 19.5 Å². The van der Waals surface area contributed by atoms with E-state index in [2.05, 4.69) is 33.4 Å². The van der Waals surface area contributed by atoms with Crippen LogP contribution in [0.15, 0.2) is 24.8 Å². The van der Waals surface area contributed by atoms with Gasteiger partial charge in [0.05, 0.1) is 12.2 Å². The molecule has 0 saturated carbocycles. The van der Waals surface area contributed by atoms with Crippen LogP contribution in [0.5, 0.6) is 0 Å². The summed E-state index contributed by atoms with van der Waals surface area (Å²) in [6, 6.07) is 1.90. The van der Waals surface area contributed by atoms with E-state index in [9.17, 15) is 0 Å². The van der Waals surface area contributed by atoms with E-state index in [-0.39, 0.29) is 0 Å². The molecule has 2 aromatic heterocycles. The van der Waals surface area contributed by atoms with Crippen LogP contribution in [0.4, 0.5) is 0 Å². The monoisotopic (exact) mass is 234 g/mol. The first kappa shape index (κ1) is 11.0. The summed E-state index contributed by atoms with van der Waals surface area (Å²) in [6.45, 7) is 4.99. The molecule has 16 heavy (non-hydrogen) atoms. The van der Waals surface area contributed by atoms with Gasteiger partial charge in [0.25, 0.3) is 0 Å². The van der Waals surface area contributed by atoms with Crippen LogP contribution >= 0.6 is 12.2 Å². The largest absolute Gasteiger partial charge is 0.337 e. The fraction of sp³-hybridized carbons (Fsp3) is 0.364. The molecule has 0 atom stereocenters. The molecule has 4 nitrogen and oxygen atoms in total. The van der Waals surface area contributed by atoms with Crippen LogP contribution in [0.3, 0.4) is 0 Å². The minimum atomic E-state index is 0.440. The number of aromatic nitrogens is 4. The minimum Gasteiger partial charge on any atom is -0.337 e. The van der Waals surface area contributed by atoms with Crippen LogP contribution in [-0.2, 0) is 6.54 Å². The van der Waals surface area contributed by atoms with Crippen molar-refractivity contribution in [3.8, 4) is 0 Å². The topological polar surface area (TPSA) is 46.5 Å². The van der Waals surface area contributed by atoms with Crippen molar-refractivity contribution in [2.24, 2.45) is 0 Å². The highest BCUT2D eigenvalue weighted by atomic mass is 32.1. The van der Waals surface area contributed by atoms with E-state index in [1.165, 1.54) is 5.69 Å². The van der Waals surface area contributed by atoms with Crippen molar-refractivity contribution in [3.05, 3.63) is 40.9 Å². The van der Waals surface area contributed by atoms with Gasteiger partial charge < -0.3 is 9.55 Å². The Balaban J connectivity index is 2.34. The molecular weight excluding hydrogens is 220 g/mol. The molecule has 0 aromatic carbocycles. The zero-order chi connectivity index (χ0) is 11.5. The molecule has 0 bridgehead atoms. The van der Waals surface area contributed by atoms with E-state index < -0.39 is 0 Å². The maximum Gasteiger partial charge on any atom is 0.177 e. The first-order valence-corrected chi connectivity index (χ1v) is 5.62. The van der Waals surface area contributed by atoms with E-state index in [0.717, 1.165) is 10.5 Å². The van der Waals surface area contributed by atoms with Crippen LogP contribution in [0.1, 0.15) is 31.2 Å². The Hall–Kier alpha value is -1.49. The molecule has 1 N–H and O–H groups in total. The highest BCUT2D eigenvalue weighted by molar-refractivity contribution is 7.71. The normalized spacial score (nSPS) is 10.9. The molecule has 0 unspecified atom stereocenters. The maximum absolute atomic E-state index is 5.26. The Kier molecular flexibility index (Phi) is 3.14. The highest BCUT2D eigenvalue weighted by Crippen LogP contribution is 2.15. The van der Waals surface area contributed by atoms with Crippen molar-refractivity contribution in [2.45, 2.75) is 26.3 Å². The van der Waals surface area contributed by atoms with E-state index in [1.807, 2.05) is 12.3 Å². The Labute approximate surface area is 99.4 Å². The molecule has 0 aliphatic rings. The van der Waals surface area contributed by atoms with Crippen LogP contribution in [0, 0.1) is 4.77 Å². The molecule has 2 aromatic rings. The third-order valence-electron chi connectivity index (χ3n) is 2.46. The Morgan fingerprint density at radius 3 is 2.94 bits per heavy atom. The van der Waals surface area contributed by atoms with Gasteiger partial charge in [0.15, 0.2) is 4.77 Å². The van der Waals surface area contributed by atoms with Gasteiger partial charge in [0.2, 0.25) is 0 Å². The van der Waals surface area contributed by atoms with Crippen LogP contribution in [0.2, 0.25) is 0 Å². The average molecular weight is 234 g/mol. The number of aromatic amines is 1. The lowest BCUT2D eigenvalue weighted by atomic mass is 10.1. The van der Waals surface area contributed by atoms with Crippen molar-refractivity contribution in [1.82, 2.24) is 19.5 Å². The number of hydrogen-bond donors (Lipinski definition) is 1. The van der Waals surface area contributed by atoms with Crippen molar-refractivity contribution in [2.75, 3.05) is 0 Å². The Morgan fingerprint density at radius 1 is 1.50 bits per heavy atom.